The molecule has 6 aliphatic rings. The number of alkyl halides is 3. The van der Waals surface area contributed by atoms with E-state index in [1.165, 1.54) is 11.6 Å². The summed E-state index contributed by atoms with van der Waals surface area (Å²) in [4.78, 5) is 54.9. The summed E-state index contributed by atoms with van der Waals surface area (Å²) in [5.41, 5.74) is 13.9. The number of allylic oxidation sites excluding steroid dienone is 1. The van der Waals surface area contributed by atoms with Gasteiger partial charge in [0.2, 0.25) is 0 Å². The van der Waals surface area contributed by atoms with Crippen molar-refractivity contribution in [1.82, 2.24) is 0 Å². The quantitative estimate of drug-likeness (QED) is 0.0952. The number of aryl methyl sites for hydroxylation is 4. The van der Waals surface area contributed by atoms with Gasteiger partial charge in [-0.15, -0.1) is 0 Å². The van der Waals surface area contributed by atoms with E-state index in [9.17, 15) is 32.3 Å². The highest BCUT2D eigenvalue weighted by molar-refractivity contribution is 6.31. The number of methoxy groups -OCH3 is 3. The standard InChI is InChI=1S/C22H24ClNO3.C22H22ClNO3.C14H17NO3.C9H7F3O/c2*1-14-3-4-18(23)11-15(14)9-17-10-16-12-20(24-5-7-27-8-6-24)21(26-2)13-19(16)22(17)25;1-17-14-9-11-10(2-3-13(11)16)8-12(14)15-4-6-18-7-5-15;1-6-2-3-8(9(10,11)12)4-7(6)5-13/h3-4,11-13,17H,5-10H2,1-2H3;3-4,9,11-13H,5-8,10H2,1-2H3;8-9H,2-7H2,1H3;2-5H,1H3/b;17-9+;;. The number of hydrogen-bond acceptors (Lipinski definition) is 13. The molecule has 3 heterocycles. The Labute approximate surface area is 504 Å². The van der Waals surface area contributed by atoms with Gasteiger partial charge in [0.1, 0.15) is 23.5 Å². The van der Waals surface area contributed by atoms with Gasteiger partial charge in [0.05, 0.1) is 83.6 Å². The first-order valence-corrected chi connectivity index (χ1v) is 29.2. The molecule has 0 N–H and O–H groups in total. The minimum atomic E-state index is -4.38. The molecule has 0 aromatic heterocycles. The molecule has 18 heteroatoms. The Balaban J connectivity index is 0.000000141. The molecule has 448 valence electrons. The summed E-state index contributed by atoms with van der Waals surface area (Å²) in [6.07, 6.45) is 1.60. The van der Waals surface area contributed by atoms with Crippen LogP contribution in [0.15, 0.2) is 96.6 Å². The molecule has 0 amide bonds. The van der Waals surface area contributed by atoms with Crippen LogP contribution in [0.4, 0.5) is 30.2 Å². The fourth-order valence-electron chi connectivity index (χ4n) is 11.4. The largest absolute Gasteiger partial charge is 0.495 e. The maximum atomic E-state index is 13.0. The van der Waals surface area contributed by atoms with Crippen LogP contribution in [0.3, 0.4) is 0 Å². The number of ether oxygens (including phenoxy) is 6. The number of aldehydes is 1. The topological polar surface area (TPSA) is 133 Å². The molecule has 0 saturated carbocycles. The van der Waals surface area contributed by atoms with Crippen molar-refractivity contribution in [3.63, 3.8) is 0 Å². The number of carbonyl (C=O) groups is 4. The van der Waals surface area contributed by atoms with Crippen molar-refractivity contribution in [2.24, 2.45) is 5.92 Å². The van der Waals surface area contributed by atoms with Crippen LogP contribution in [0, 0.1) is 26.7 Å². The van der Waals surface area contributed by atoms with Gasteiger partial charge < -0.3 is 43.1 Å². The van der Waals surface area contributed by atoms with Gasteiger partial charge in [-0.25, -0.2) is 0 Å². The predicted octanol–water partition coefficient (Wildman–Crippen LogP) is 12.9. The van der Waals surface area contributed by atoms with E-state index in [4.69, 9.17) is 51.6 Å². The number of hydrogen-bond donors (Lipinski definition) is 0. The fourth-order valence-corrected chi connectivity index (χ4v) is 11.8. The molecule has 3 fully saturated rings. The van der Waals surface area contributed by atoms with E-state index in [0.29, 0.717) is 42.9 Å². The van der Waals surface area contributed by atoms with Crippen LogP contribution in [0.25, 0.3) is 6.08 Å². The summed E-state index contributed by atoms with van der Waals surface area (Å²) >= 11 is 12.3. The molecule has 3 saturated heterocycles. The lowest BCUT2D eigenvalue weighted by molar-refractivity contribution is -0.137. The summed E-state index contributed by atoms with van der Waals surface area (Å²) in [6, 6.07) is 26.8. The van der Waals surface area contributed by atoms with Crippen LogP contribution < -0.4 is 28.9 Å². The zero-order valence-corrected chi connectivity index (χ0v) is 50.2. The average molecular weight is 1210 g/mol. The molecule has 13 nitrogen and oxygen atoms in total. The summed E-state index contributed by atoms with van der Waals surface area (Å²) in [6.45, 7) is 15.1. The Morgan fingerprint density at radius 1 is 0.565 bits per heavy atom. The van der Waals surface area contributed by atoms with E-state index in [-0.39, 0.29) is 28.8 Å². The molecular weight excluding hydrogens is 1130 g/mol. The molecule has 0 spiro atoms. The van der Waals surface area contributed by atoms with E-state index in [1.54, 1.807) is 28.3 Å². The number of rotatable bonds is 10. The first kappa shape index (κ1) is 62.3. The summed E-state index contributed by atoms with van der Waals surface area (Å²) < 4.78 is 69.3. The summed E-state index contributed by atoms with van der Waals surface area (Å²) in [5, 5.41) is 1.39. The number of nitrogens with zero attached hydrogens (tertiary/aromatic N) is 3. The van der Waals surface area contributed by atoms with Gasteiger partial charge in [-0.1, -0.05) is 41.4 Å². The van der Waals surface area contributed by atoms with Crippen LogP contribution >= 0.6 is 23.2 Å². The maximum absolute atomic E-state index is 13.0. The molecular formula is C67H70Cl2F3N3O10. The van der Waals surface area contributed by atoms with Crippen LogP contribution in [-0.2, 0) is 46.1 Å². The zero-order valence-electron chi connectivity index (χ0n) is 48.7. The number of benzene rings is 6. The number of morpholine rings is 3. The van der Waals surface area contributed by atoms with Gasteiger partial charge in [0, 0.05) is 95.9 Å². The molecule has 3 aliphatic carbocycles. The van der Waals surface area contributed by atoms with Crippen molar-refractivity contribution in [3.05, 3.63) is 179 Å². The second-order valence-corrected chi connectivity index (χ2v) is 22.5. The van der Waals surface area contributed by atoms with E-state index < -0.39 is 11.7 Å². The Morgan fingerprint density at radius 3 is 1.59 bits per heavy atom. The normalized spacial score (nSPS) is 17.6. The summed E-state index contributed by atoms with van der Waals surface area (Å²) in [5.74, 6) is 2.77. The van der Waals surface area contributed by atoms with Crippen molar-refractivity contribution in [2.45, 2.75) is 59.1 Å². The van der Waals surface area contributed by atoms with Crippen LogP contribution in [0.1, 0.15) is 97.9 Å². The van der Waals surface area contributed by atoms with Crippen LogP contribution in [-0.4, -0.2) is 124 Å². The van der Waals surface area contributed by atoms with Crippen LogP contribution in [0.2, 0.25) is 10.0 Å². The van der Waals surface area contributed by atoms with E-state index in [1.807, 2.05) is 67.6 Å². The minimum Gasteiger partial charge on any atom is -0.495 e. The number of anilines is 3. The Hall–Kier alpha value is -7.21. The first-order valence-electron chi connectivity index (χ1n) is 28.5. The van der Waals surface area contributed by atoms with Crippen molar-refractivity contribution >= 4 is 70.0 Å². The van der Waals surface area contributed by atoms with E-state index in [2.05, 4.69) is 39.8 Å². The fraction of sp³-hybridized carbons (Fsp3) is 0.373. The monoisotopic (exact) mass is 1200 g/mol. The van der Waals surface area contributed by atoms with Crippen LogP contribution in [0.5, 0.6) is 17.2 Å². The number of ketones is 3. The Bertz CT molecular complexity index is 3500. The molecule has 1 atom stereocenters. The highest BCUT2D eigenvalue weighted by Gasteiger charge is 2.35. The third kappa shape index (κ3) is 14.7. The number of fused-ring (bicyclic) bond motifs is 3. The third-order valence-corrected chi connectivity index (χ3v) is 16.8. The molecule has 6 aromatic carbocycles. The van der Waals surface area contributed by atoms with Crippen molar-refractivity contribution < 1.29 is 60.8 Å². The van der Waals surface area contributed by atoms with Gasteiger partial charge >= 0.3 is 6.18 Å². The van der Waals surface area contributed by atoms with Gasteiger partial charge in [0.25, 0.3) is 0 Å². The van der Waals surface area contributed by atoms with Gasteiger partial charge in [-0.2, -0.15) is 13.2 Å². The van der Waals surface area contributed by atoms with Crippen molar-refractivity contribution in [2.75, 3.05) is 115 Å². The first-order chi connectivity index (χ1) is 40.9. The molecule has 0 radical (unpaired) electrons. The van der Waals surface area contributed by atoms with E-state index in [0.717, 1.165) is 192 Å². The second-order valence-electron chi connectivity index (χ2n) is 21.7. The highest BCUT2D eigenvalue weighted by atomic mass is 35.5. The molecule has 1 unspecified atom stereocenters. The van der Waals surface area contributed by atoms with Gasteiger partial charge in [0.15, 0.2) is 17.3 Å². The lowest BCUT2D eigenvalue weighted by Crippen LogP contribution is -2.36. The molecule has 0 bridgehead atoms. The lowest BCUT2D eigenvalue weighted by Gasteiger charge is -2.30. The lowest BCUT2D eigenvalue weighted by atomic mass is 9.93. The zero-order chi connectivity index (χ0) is 60.5. The molecule has 3 aliphatic heterocycles. The Morgan fingerprint density at radius 2 is 1.05 bits per heavy atom. The molecule has 6 aromatic rings. The van der Waals surface area contributed by atoms with Gasteiger partial charge in [-0.05, 0) is 163 Å². The minimum absolute atomic E-state index is 0.0400. The third-order valence-electron chi connectivity index (χ3n) is 16.3. The Kier molecular flexibility index (Phi) is 20.4. The molecule has 85 heavy (non-hydrogen) atoms. The molecule has 12 rings (SSSR count). The van der Waals surface area contributed by atoms with Gasteiger partial charge in [-0.3, -0.25) is 19.2 Å². The number of halogens is 5. The number of Topliss-reactive ketones (excluding diaryl/α,β-unsaturated/α-hetero) is 3. The van der Waals surface area contributed by atoms with Crippen molar-refractivity contribution in [3.8, 4) is 17.2 Å². The number of carbonyl (C=O) groups excluding carboxylic acids is 4. The predicted molar refractivity (Wildman–Crippen MR) is 326 cm³/mol. The summed E-state index contributed by atoms with van der Waals surface area (Å²) in [7, 11) is 4.97. The second kappa shape index (κ2) is 27.9. The van der Waals surface area contributed by atoms with E-state index >= 15 is 0 Å². The smallest absolute Gasteiger partial charge is 0.416 e. The average Bonchev–Trinajstić information content (AvgIpc) is 4.37. The van der Waals surface area contributed by atoms with Crippen molar-refractivity contribution in [1.29, 1.82) is 0 Å². The SMILES string of the molecule is COc1cc2c(cc1N1CCOCC1)C/C(=C\c1cc(Cl)ccc1C)C2=O.COc1cc2c(cc1N1CCOCC1)CC(Cc1cc(Cl)ccc1C)C2=O.COc1cc2c(cc1N1CCOCC1)CCC2=O.Cc1ccc(C(F)(F)F)cc1C=O. The maximum Gasteiger partial charge on any atom is 0.416 e. The highest BCUT2D eigenvalue weighted by Crippen LogP contribution is 2.41.